The van der Waals surface area contributed by atoms with Gasteiger partial charge in [0, 0.05) is 0 Å². The number of carbonyl (C=O) groups excluding carboxylic acids is 2. The van der Waals surface area contributed by atoms with Crippen molar-refractivity contribution >= 4 is 11.9 Å². The lowest BCUT2D eigenvalue weighted by atomic mass is 10.3. The number of imidazole rings is 1. The maximum Gasteiger partial charge on any atom is 0.336 e. The molecule has 0 aliphatic rings. The number of carbonyl (C=O) groups is 2. The number of aromatic amines is 1. The van der Waals surface area contributed by atoms with E-state index in [0.717, 1.165) is 7.11 Å². The predicted molar refractivity (Wildman–Crippen MR) is 48.9 cm³/mol. The van der Waals surface area contributed by atoms with Gasteiger partial charge in [-0.1, -0.05) is 0 Å². The van der Waals surface area contributed by atoms with E-state index in [9.17, 15) is 9.59 Å². The van der Waals surface area contributed by atoms with E-state index in [1.807, 2.05) is 0 Å². The van der Waals surface area contributed by atoms with E-state index in [2.05, 4.69) is 20.0 Å². The van der Waals surface area contributed by atoms with Crippen LogP contribution in [0.25, 0.3) is 0 Å². The Labute approximate surface area is 85.5 Å². The molecule has 82 valence electrons. The van der Waals surface area contributed by atoms with Crippen molar-refractivity contribution in [3.63, 3.8) is 0 Å². The number of H-pyrrole nitrogens is 1. The van der Waals surface area contributed by atoms with Crippen molar-refractivity contribution in [2.24, 2.45) is 0 Å². The van der Waals surface area contributed by atoms with Crippen molar-refractivity contribution in [3.8, 4) is 0 Å². The molecule has 0 spiro atoms. The minimum atomic E-state index is -1.36. The van der Waals surface area contributed by atoms with Crippen LogP contribution in [-0.4, -0.2) is 46.7 Å². The first-order valence-corrected chi connectivity index (χ1v) is 4.17. The molecule has 1 amide bonds. The van der Waals surface area contributed by atoms with E-state index in [-0.39, 0.29) is 12.2 Å². The molecule has 1 unspecified atom stereocenters. The van der Waals surface area contributed by atoms with Crippen LogP contribution >= 0.6 is 0 Å². The zero-order chi connectivity index (χ0) is 11.3. The maximum atomic E-state index is 11.3. The molecular formula is C8H11N3O4. The molecule has 0 aliphatic carbocycles. The molecule has 1 atom stereocenters. The standard InChI is InChI=1S/C8H11N3O4/c1-15-8(14)6(12)3-10-7(13)5-2-9-4-11-5/h2,4,6,12H,3H2,1H3,(H,9,11)(H,10,13). The monoisotopic (exact) mass is 213 g/mol. The van der Waals surface area contributed by atoms with Crippen LogP contribution in [-0.2, 0) is 9.53 Å². The minimum absolute atomic E-state index is 0.204. The van der Waals surface area contributed by atoms with Gasteiger partial charge in [0.2, 0.25) is 0 Å². The summed E-state index contributed by atoms with van der Waals surface area (Å²) in [6.45, 7) is -0.204. The summed E-state index contributed by atoms with van der Waals surface area (Å²) in [6, 6.07) is 0. The van der Waals surface area contributed by atoms with E-state index in [4.69, 9.17) is 5.11 Å². The van der Waals surface area contributed by atoms with Gasteiger partial charge in [-0.3, -0.25) is 4.79 Å². The Morgan fingerprint density at radius 3 is 3.00 bits per heavy atom. The van der Waals surface area contributed by atoms with E-state index in [1.165, 1.54) is 12.5 Å². The molecule has 1 rings (SSSR count). The van der Waals surface area contributed by atoms with Crippen LogP contribution in [0.1, 0.15) is 10.5 Å². The zero-order valence-corrected chi connectivity index (χ0v) is 8.06. The molecule has 1 aromatic heterocycles. The number of aromatic nitrogens is 2. The largest absolute Gasteiger partial charge is 0.467 e. The molecule has 0 saturated heterocycles. The van der Waals surface area contributed by atoms with E-state index >= 15 is 0 Å². The van der Waals surface area contributed by atoms with Crippen molar-refractivity contribution in [1.29, 1.82) is 0 Å². The number of methoxy groups -OCH3 is 1. The molecule has 0 bridgehead atoms. The third-order valence-corrected chi connectivity index (χ3v) is 1.67. The highest BCUT2D eigenvalue weighted by Gasteiger charge is 2.16. The van der Waals surface area contributed by atoms with Gasteiger partial charge in [0.25, 0.3) is 5.91 Å². The molecule has 0 saturated carbocycles. The fourth-order valence-corrected chi connectivity index (χ4v) is 0.884. The van der Waals surface area contributed by atoms with Crippen LogP contribution in [0, 0.1) is 0 Å². The highest BCUT2D eigenvalue weighted by molar-refractivity contribution is 5.92. The summed E-state index contributed by atoms with van der Waals surface area (Å²) in [7, 11) is 1.16. The van der Waals surface area contributed by atoms with Crippen LogP contribution in [0.15, 0.2) is 12.5 Å². The topological polar surface area (TPSA) is 104 Å². The third kappa shape index (κ3) is 3.06. The van der Waals surface area contributed by atoms with E-state index in [1.54, 1.807) is 0 Å². The lowest BCUT2D eigenvalue weighted by Crippen LogP contribution is -2.37. The highest BCUT2D eigenvalue weighted by atomic mass is 16.5. The van der Waals surface area contributed by atoms with Crippen molar-refractivity contribution in [2.45, 2.75) is 6.10 Å². The molecule has 7 heteroatoms. The summed E-state index contributed by atoms with van der Waals surface area (Å²) in [5.74, 6) is -1.24. The number of rotatable bonds is 4. The molecule has 15 heavy (non-hydrogen) atoms. The quantitative estimate of drug-likeness (QED) is 0.538. The fourth-order valence-electron chi connectivity index (χ4n) is 0.884. The summed E-state index contributed by atoms with van der Waals surface area (Å²) < 4.78 is 4.27. The summed E-state index contributed by atoms with van der Waals surface area (Å²) in [5.41, 5.74) is 0.257. The molecule has 0 aromatic carbocycles. The molecule has 0 radical (unpaired) electrons. The van der Waals surface area contributed by atoms with Gasteiger partial charge < -0.3 is 20.1 Å². The lowest BCUT2D eigenvalue weighted by Gasteiger charge is -2.08. The number of amides is 1. The van der Waals surface area contributed by atoms with Crippen LogP contribution in [0.5, 0.6) is 0 Å². The molecule has 7 nitrogen and oxygen atoms in total. The van der Waals surface area contributed by atoms with Crippen molar-refractivity contribution in [2.75, 3.05) is 13.7 Å². The molecule has 0 aliphatic heterocycles. The first-order chi connectivity index (χ1) is 7.15. The van der Waals surface area contributed by atoms with Gasteiger partial charge in [-0.15, -0.1) is 0 Å². The summed E-state index contributed by atoms with van der Waals surface area (Å²) >= 11 is 0. The van der Waals surface area contributed by atoms with Gasteiger partial charge in [0.1, 0.15) is 5.69 Å². The smallest absolute Gasteiger partial charge is 0.336 e. The number of aliphatic hydroxyl groups is 1. The van der Waals surface area contributed by atoms with Crippen molar-refractivity contribution < 1.29 is 19.4 Å². The molecule has 3 N–H and O–H groups in total. The van der Waals surface area contributed by atoms with Crippen LogP contribution in [0.4, 0.5) is 0 Å². The number of hydrogen-bond acceptors (Lipinski definition) is 5. The Bertz CT molecular complexity index is 336. The predicted octanol–water partition coefficient (Wildman–Crippen LogP) is -1.33. The number of nitrogens with one attached hydrogen (secondary N) is 2. The van der Waals surface area contributed by atoms with Gasteiger partial charge in [0.15, 0.2) is 6.10 Å². The van der Waals surface area contributed by atoms with E-state index in [0.29, 0.717) is 0 Å². The molecule has 1 heterocycles. The van der Waals surface area contributed by atoms with Gasteiger partial charge in [-0.05, 0) is 0 Å². The summed E-state index contributed by atoms with van der Waals surface area (Å²) in [4.78, 5) is 28.3. The minimum Gasteiger partial charge on any atom is -0.467 e. The number of ether oxygens (including phenoxy) is 1. The maximum absolute atomic E-state index is 11.3. The number of esters is 1. The third-order valence-electron chi connectivity index (χ3n) is 1.67. The second-order valence-electron chi connectivity index (χ2n) is 2.71. The number of nitrogens with zero attached hydrogens (tertiary/aromatic N) is 1. The van der Waals surface area contributed by atoms with E-state index < -0.39 is 18.0 Å². The van der Waals surface area contributed by atoms with Crippen molar-refractivity contribution in [1.82, 2.24) is 15.3 Å². The Hall–Kier alpha value is -1.89. The number of aliphatic hydroxyl groups excluding tert-OH is 1. The summed E-state index contributed by atoms with van der Waals surface area (Å²) in [6.07, 6.45) is 1.33. The van der Waals surface area contributed by atoms with Crippen LogP contribution in [0.3, 0.4) is 0 Å². The lowest BCUT2D eigenvalue weighted by molar-refractivity contribution is -0.149. The second-order valence-corrected chi connectivity index (χ2v) is 2.71. The van der Waals surface area contributed by atoms with Crippen LogP contribution < -0.4 is 5.32 Å². The van der Waals surface area contributed by atoms with Gasteiger partial charge in [-0.25, -0.2) is 9.78 Å². The fraction of sp³-hybridized carbons (Fsp3) is 0.375. The molecule has 1 aromatic rings. The van der Waals surface area contributed by atoms with Crippen LogP contribution in [0.2, 0.25) is 0 Å². The Morgan fingerprint density at radius 2 is 2.47 bits per heavy atom. The first-order valence-electron chi connectivity index (χ1n) is 4.17. The van der Waals surface area contributed by atoms with Gasteiger partial charge in [-0.2, -0.15) is 0 Å². The highest BCUT2D eigenvalue weighted by Crippen LogP contribution is 1.91. The second kappa shape index (κ2) is 5.11. The average molecular weight is 213 g/mol. The van der Waals surface area contributed by atoms with Gasteiger partial charge >= 0.3 is 5.97 Å². The zero-order valence-electron chi connectivity index (χ0n) is 8.06. The van der Waals surface area contributed by atoms with Crippen molar-refractivity contribution in [3.05, 3.63) is 18.2 Å². The Kier molecular flexibility index (Phi) is 3.81. The first kappa shape index (κ1) is 11.2. The average Bonchev–Trinajstić information content (AvgIpc) is 2.77. The molecule has 0 fully saturated rings. The molecular weight excluding hydrogens is 202 g/mol. The number of hydrogen-bond donors (Lipinski definition) is 3. The Morgan fingerprint density at radius 1 is 1.73 bits per heavy atom. The Balaban J connectivity index is 2.38. The SMILES string of the molecule is COC(=O)C(O)CNC(=O)c1cnc[nH]1. The summed E-state index contributed by atoms with van der Waals surface area (Å²) in [5, 5.41) is 11.5. The van der Waals surface area contributed by atoms with Gasteiger partial charge in [0.05, 0.1) is 26.2 Å². The normalized spacial score (nSPS) is 11.9.